The van der Waals surface area contributed by atoms with E-state index in [4.69, 9.17) is 24.3 Å². The summed E-state index contributed by atoms with van der Waals surface area (Å²) in [5, 5.41) is 9.41. The number of amides is 5. The van der Waals surface area contributed by atoms with Crippen LogP contribution in [0.4, 0.5) is 18.0 Å². The van der Waals surface area contributed by atoms with Crippen LogP contribution in [0.3, 0.4) is 0 Å². The summed E-state index contributed by atoms with van der Waals surface area (Å²) in [6.45, 7) is 19.0. The number of hydrogen-bond acceptors (Lipinski definition) is 12. The Morgan fingerprint density at radius 1 is 1.08 bits per heavy atom. The quantitative estimate of drug-likeness (QED) is 0.105. The first-order chi connectivity index (χ1) is 35.4. The maximum Gasteiger partial charge on any atom is 0.406 e. The molecule has 408 valence electrons. The van der Waals surface area contributed by atoms with Crippen molar-refractivity contribution in [2.24, 2.45) is 23.4 Å². The summed E-state index contributed by atoms with van der Waals surface area (Å²) in [4.78, 5) is 84.3. The molecule has 2 aromatic heterocycles. The molecule has 2 N–H and O–H groups in total. The molecular weight excluding hydrogens is 976 g/mol. The Morgan fingerprint density at radius 3 is 2.44 bits per heavy atom. The van der Waals surface area contributed by atoms with Gasteiger partial charge in [-0.05, 0) is 81.7 Å². The van der Waals surface area contributed by atoms with Crippen molar-refractivity contribution in [2.75, 3.05) is 60.1 Å². The van der Waals surface area contributed by atoms with Crippen LogP contribution < -0.4 is 10.7 Å². The summed E-state index contributed by atoms with van der Waals surface area (Å²) in [7, 11) is 4.70. The number of alkyl halides is 3. The molecule has 1 unspecified atom stereocenters. The Hall–Kier alpha value is -6.39. The number of rotatable bonds is 11. The molecule has 19 nitrogen and oxygen atoms in total. The van der Waals surface area contributed by atoms with E-state index in [1.807, 2.05) is 13.8 Å². The lowest BCUT2D eigenvalue weighted by Gasteiger charge is -2.47. The summed E-state index contributed by atoms with van der Waals surface area (Å²) in [6.07, 6.45) is 0.646. The zero-order chi connectivity index (χ0) is 54.7. The van der Waals surface area contributed by atoms with Gasteiger partial charge in [0.1, 0.15) is 24.7 Å². The highest BCUT2D eigenvalue weighted by molar-refractivity contribution is 5.96. The number of allylic oxidation sites excluding steroid dienone is 2. The number of methoxy groups -OCH3 is 1. The molecule has 22 heteroatoms. The number of aryl methyl sites for hydroxylation is 1. The molecule has 0 aliphatic carbocycles. The van der Waals surface area contributed by atoms with Crippen LogP contribution in [0.25, 0.3) is 27.9 Å². The number of nitrogens with one attached hydrogen (secondary N) is 2. The predicted molar refractivity (Wildman–Crippen MR) is 276 cm³/mol. The van der Waals surface area contributed by atoms with E-state index in [0.29, 0.717) is 92.1 Å². The van der Waals surface area contributed by atoms with Gasteiger partial charge >= 0.3 is 18.2 Å². The number of likely N-dealkylation sites (tertiary alicyclic amines) is 1. The van der Waals surface area contributed by atoms with Gasteiger partial charge in [0.05, 0.1) is 42.9 Å². The van der Waals surface area contributed by atoms with Gasteiger partial charge in [0, 0.05) is 87.5 Å². The molecule has 1 spiro atoms. The molecule has 6 heterocycles. The fraction of sp³-hybridized carbons (Fsp3) is 0.585. The Morgan fingerprint density at radius 2 is 1.80 bits per heavy atom. The lowest BCUT2D eigenvalue weighted by Crippen LogP contribution is -2.63. The number of carbonyl (C=O) groups is 5. The van der Waals surface area contributed by atoms with Crippen LogP contribution in [-0.4, -0.2) is 171 Å². The van der Waals surface area contributed by atoms with Gasteiger partial charge < -0.3 is 38.8 Å². The van der Waals surface area contributed by atoms with Gasteiger partial charge in [-0.1, -0.05) is 46.9 Å². The highest BCUT2D eigenvalue weighted by Gasteiger charge is 2.44. The summed E-state index contributed by atoms with van der Waals surface area (Å²) in [5.41, 5.74) is 3.79. The summed E-state index contributed by atoms with van der Waals surface area (Å²) < 4.78 is 64.9. The van der Waals surface area contributed by atoms with Crippen LogP contribution >= 0.6 is 0 Å². The van der Waals surface area contributed by atoms with E-state index >= 15 is 0 Å². The second-order valence-corrected chi connectivity index (χ2v) is 21.1. The van der Waals surface area contributed by atoms with Crippen LogP contribution in [-0.2, 0) is 59.8 Å². The minimum Gasteiger partial charge on any atom is -0.464 e. The average molecular weight is 1050 g/mol. The van der Waals surface area contributed by atoms with Crippen molar-refractivity contribution in [3.63, 3.8) is 0 Å². The largest absolute Gasteiger partial charge is 0.464 e. The fourth-order valence-corrected chi connectivity index (χ4v) is 10.8. The number of halogens is 3. The van der Waals surface area contributed by atoms with Gasteiger partial charge in [0.15, 0.2) is 11.6 Å². The highest BCUT2D eigenvalue weighted by atomic mass is 19.4. The number of cyclic esters (lactones) is 1. The predicted octanol–water partition coefficient (Wildman–Crippen LogP) is 5.63. The van der Waals surface area contributed by atoms with E-state index in [1.165, 1.54) is 38.4 Å². The number of esters is 1. The maximum absolute atomic E-state index is 14.8. The maximum atomic E-state index is 14.8. The number of aromatic nitrogens is 4. The minimum atomic E-state index is -4.65. The molecule has 3 aromatic rings. The van der Waals surface area contributed by atoms with Crippen molar-refractivity contribution >= 4 is 52.4 Å². The standard InChI is InChI=1S/C53H72F3N11O8/c1-12-35(43(57-14-3)33(6)73-11)45-37-28-51(7,8)31-74-49(71)38-16-15-21-67(60-38)48(70)39(27-41-59-46(63(10)61-41)34-17-18-40(36(37)26-34)66(45)30-53(54,55)56)58-47(69)44(32(4)5)62(9)50(72)64-22-19-52(20-23-64)29-65(24-25-75-52)42(68)13-2/h12-14,17-18,26,32-33,38-39,44,60H,1-2,15-16,19-25,27-31H2,3-11H3,(H,58,69)/b43-35+,57-14-/t33-,38?,39-,44-/m0/s1. The summed E-state index contributed by atoms with van der Waals surface area (Å²) in [6, 6.07) is 1.34. The topological polar surface area (TPSA) is 198 Å². The van der Waals surface area contributed by atoms with Crippen molar-refractivity contribution in [3.05, 3.63) is 66.3 Å². The van der Waals surface area contributed by atoms with Crippen LogP contribution in [0.5, 0.6) is 0 Å². The van der Waals surface area contributed by atoms with Gasteiger partial charge in [-0.2, -0.15) is 18.3 Å². The Kier molecular flexibility index (Phi) is 17.2. The van der Waals surface area contributed by atoms with Crippen molar-refractivity contribution in [1.82, 2.24) is 49.8 Å². The SMILES string of the molecule is C=CC(=O)N1CCOC2(CCN(C(=O)N(C)[C@H](C(=O)N[C@H]3Cc4nc(n(C)n4)-c4ccc5c(c4)c(c(/C(C=C)=C(/N=C\C)[C@H](C)OC)n5CC(F)(F)F)CC(C)(C)COC(=O)C4CCCN(N4)C3=O)C(C)C)CC2)C1. The lowest BCUT2D eigenvalue weighted by molar-refractivity contribution is -0.156. The number of benzene rings is 1. The van der Waals surface area contributed by atoms with Gasteiger partial charge in [-0.15, -0.1) is 0 Å². The third-order valence-electron chi connectivity index (χ3n) is 14.6. The van der Waals surface area contributed by atoms with E-state index < -0.39 is 71.7 Å². The first kappa shape index (κ1) is 56.3. The van der Waals surface area contributed by atoms with E-state index in [-0.39, 0.29) is 55.0 Å². The van der Waals surface area contributed by atoms with E-state index in [2.05, 4.69) is 28.9 Å². The Bertz CT molecular complexity index is 2740. The second kappa shape index (κ2) is 22.8. The first-order valence-electron chi connectivity index (χ1n) is 25.6. The molecular formula is C53H72F3N11O8. The Labute approximate surface area is 436 Å². The molecule has 4 aliphatic rings. The molecule has 0 radical (unpaired) electrons. The number of piperidine rings is 1. The summed E-state index contributed by atoms with van der Waals surface area (Å²) >= 11 is 0. The summed E-state index contributed by atoms with van der Waals surface area (Å²) in [5.74, 6) is -1.91. The van der Waals surface area contributed by atoms with Crippen LogP contribution in [0.1, 0.15) is 84.3 Å². The molecule has 3 saturated heterocycles. The third kappa shape index (κ3) is 12.3. The van der Waals surface area contributed by atoms with Gasteiger partial charge in [-0.25, -0.2) is 19.9 Å². The first-order valence-corrected chi connectivity index (χ1v) is 25.6. The molecule has 6 bridgehead atoms. The molecule has 5 amide bonds. The zero-order valence-corrected chi connectivity index (χ0v) is 44.6. The second-order valence-electron chi connectivity index (χ2n) is 21.1. The average Bonchev–Trinajstić information content (AvgIpc) is 3.88. The molecule has 4 aliphatic heterocycles. The van der Waals surface area contributed by atoms with Crippen LogP contribution in [0, 0.1) is 11.3 Å². The van der Waals surface area contributed by atoms with Crippen molar-refractivity contribution in [2.45, 2.75) is 123 Å². The third-order valence-corrected chi connectivity index (χ3v) is 14.6. The lowest BCUT2D eigenvalue weighted by atomic mass is 9.84. The van der Waals surface area contributed by atoms with Crippen LogP contribution in [0.2, 0.25) is 0 Å². The van der Waals surface area contributed by atoms with Gasteiger partial charge in [0.2, 0.25) is 11.8 Å². The normalized spacial score (nSPS) is 21.6. The number of carbonyl (C=O) groups excluding carboxylic acids is 5. The molecule has 3 fully saturated rings. The van der Waals surface area contributed by atoms with Gasteiger partial charge in [-0.3, -0.25) is 29.2 Å². The fourth-order valence-electron chi connectivity index (χ4n) is 10.8. The molecule has 1 aromatic carbocycles. The van der Waals surface area contributed by atoms with Crippen LogP contribution in [0.15, 0.2) is 54.2 Å². The highest BCUT2D eigenvalue weighted by Crippen LogP contribution is 2.41. The van der Waals surface area contributed by atoms with E-state index in [9.17, 15) is 37.1 Å². The smallest absolute Gasteiger partial charge is 0.406 e. The molecule has 75 heavy (non-hydrogen) atoms. The van der Waals surface area contributed by atoms with Gasteiger partial charge in [0.25, 0.3) is 5.91 Å². The van der Waals surface area contributed by atoms with E-state index in [0.717, 1.165) is 0 Å². The Balaban J connectivity index is 1.27. The number of morpholine rings is 1. The van der Waals surface area contributed by atoms with Crippen molar-refractivity contribution in [3.8, 4) is 11.4 Å². The number of hydrogen-bond donors (Lipinski definition) is 2. The molecule has 4 atom stereocenters. The minimum absolute atomic E-state index is 0.139. The number of hydrazine groups is 1. The number of urea groups is 1. The number of likely N-dealkylation sites (N-methyl/N-ethyl adjacent to an activating group) is 1. The monoisotopic (exact) mass is 1050 g/mol. The number of aliphatic imine (C=N–C) groups is 1. The molecule has 0 saturated carbocycles. The number of nitrogens with zero attached hydrogens (tertiary/aromatic N) is 9. The number of fused-ring (bicyclic) bond motifs is 6. The molecule has 7 rings (SSSR count). The van der Waals surface area contributed by atoms with Crippen molar-refractivity contribution < 1.29 is 51.4 Å². The zero-order valence-electron chi connectivity index (χ0n) is 44.6. The van der Waals surface area contributed by atoms with Crippen molar-refractivity contribution in [1.29, 1.82) is 0 Å². The van der Waals surface area contributed by atoms with E-state index in [1.54, 1.807) is 76.0 Å². The number of ether oxygens (including phenoxy) is 3.